The van der Waals surface area contributed by atoms with Gasteiger partial charge in [0, 0.05) is 5.75 Å². The number of unbranched alkanes of at least 4 members (excludes halogenated alkanes) is 1. The second-order valence-electron chi connectivity index (χ2n) is 3.88. The fourth-order valence-electron chi connectivity index (χ4n) is 0.496. The van der Waals surface area contributed by atoms with Gasteiger partial charge in [0.1, 0.15) is 0 Å². The molecule has 4 nitrogen and oxygen atoms in total. The third-order valence-corrected chi connectivity index (χ3v) is 4.14. The zero-order chi connectivity index (χ0) is 14.3. The Kier molecular flexibility index (Phi) is 17.5. The van der Waals surface area contributed by atoms with E-state index in [0.29, 0.717) is 0 Å². The van der Waals surface area contributed by atoms with Crippen molar-refractivity contribution in [3.63, 3.8) is 0 Å². The summed E-state index contributed by atoms with van der Waals surface area (Å²) in [6.07, 6.45) is 4.80. The molecule has 0 saturated carbocycles. The highest BCUT2D eigenvalue weighted by molar-refractivity contribution is 8.78. The average Bonchev–Trinajstić information content (AvgIpc) is 3.02. The van der Waals surface area contributed by atoms with Gasteiger partial charge in [0.05, 0.1) is 31.8 Å². The molecule has 1 aliphatic heterocycles. The van der Waals surface area contributed by atoms with Gasteiger partial charge >= 0.3 is 0 Å². The van der Waals surface area contributed by atoms with E-state index in [-0.39, 0.29) is 0 Å². The van der Waals surface area contributed by atoms with Crippen molar-refractivity contribution in [3.8, 4) is 0 Å². The number of aliphatic hydroxyl groups excluding tert-OH is 4. The molecule has 0 amide bonds. The van der Waals surface area contributed by atoms with Gasteiger partial charge in [-0.3, -0.25) is 0 Å². The van der Waals surface area contributed by atoms with Gasteiger partial charge < -0.3 is 20.4 Å². The Hall–Kier alpha value is 0.280. The summed E-state index contributed by atoms with van der Waals surface area (Å²) in [6, 6.07) is 0. The predicted molar refractivity (Wildman–Crippen MR) is 80.5 cm³/mol. The number of hydrogen-bond donors (Lipinski definition) is 4. The van der Waals surface area contributed by atoms with E-state index in [0.717, 1.165) is 0 Å². The van der Waals surface area contributed by atoms with Crippen LogP contribution in [0, 0.1) is 5.41 Å². The predicted octanol–water partition coefficient (Wildman–Crippen LogP) is 1.64. The largest absolute Gasteiger partial charge is 0.396 e. The first-order chi connectivity index (χ1) is 8.66. The molecule has 0 fully saturated rings. The first kappa shape index (κ1) is 20.6. The lowest BCUT2D eigenvalue weighted by molar-refractivity contribution is -0.0328. The third-order valence-electron chi connectivity index (χ3n) is 2.23. The third kappa shape index (κ3) is 11.4. The van der Waals surface area contributed by atoms with Gasteiger partial charge in [0.25, 0.3) is 0 Å². The first-order valence-corrected chi connectivity index (χ1v) is 8.41. The van der Waals surface area contributed by atoms with Crippen molar-refractivity contribution in [1.29, 1.82) is 0 Å². The van der Waals surface area contributed by atoms with Crippen LogP contribution in [-0.2, 0) is 0 Å². The Balaban J connectivity index is 0. The maximum absolute atomic E-state index is 8.50. The van der Waals surface area contributed by atoms with Crippen LogP contribution in [0.25, 0.3) is 0 Å². The monoisotopic (exact) mass is 298 g/mol. The molecule has 0 aromatic carbocycles. The van der Waals surface area contributed by atoms with Crippen LogP contribution in [0.1, 0.15) is 26.7 Å². The molecule has 18 heavy (non-hydrogen) atoms. The van der Waals surface area contributed by atoms with Crippen LogP contribution in [0.5, 0.6) is 0 Å². The SMILES string of the molecule is C1=CSSC1.CCCC.OCC(CO)(CO)CO. The summed E-state index contributed by atoms with van der Waals surface area (Å²) < 4.78 is 0. The molecular weight excluding hydrogens is 272 g/mol. The zero-order valence-electron chi connectivity index (χ0n) is 11.2. The van der Waals surface area contributed by atoms with Gasteiger partial charge in [-0.1, -0.05) is 54.4 Å². The second-order valence-corrected chi connectivity index (χ2v) is 6.20. The van der Waals surface area contributed by atoms with Gasteiger partial charge in [-0.15, -0.1) is 0 Å². The Bertz CT molecular complexity index is 159. The molecule has 0 unspecified atom stereocenters. The molecule has 1 aliphatic rings. The molecule has 1 heterocycles. The van der Waals surface area contributed by atoms with Crippen molar-refractivity contribution in [2.24, 2.45) is 5.41 Å². The summed E-state index contributed by atoms with van der Waals surface area (Å²) in [5.74, 6) is 1.20. The molecule has 0 aliphatic carbocycles. The lowest BCUT2D eigenvalue weighted by Gasteiger charge is -2.23. The highest BCUT2D eigenvalue weighted by atomic mass is 33.1. The van der Waals surface area contributed by atoms with E-state index >= 15 is 0 Å². The van der Waals surface area contributed by atoms with Gasteiger partial charge in [-0.2, -0.15) is 0 Å². The van der Waals surface area contributed by atoms with E-state index < -0.39 is 31.8 Å². The van der Waals surface area contributed by atoms with Crippen LogP contribution in [0.4, 0.5) is 0 Å². The summed E-state index contributed by atoms with van der Waals surface area (Å²) in [6.45, 7) is 2.74. The van der Waals surface area contributed by atoms with Crippen molar-refractivity contribution >= 4 is 21.6 Å². The summed E-state index contributed by atoms with van der Waals surface area (Å²) >= 11 is 0. The molecular formula is C12H26O4S2. The van der Waals surface area contributed by atoms with E-state index in [1.165, 1.54) is 18.6 Å². The van der Waals surface area contributed by atoms with E-state index in [9.17, 15) is 0 Å². The van der Waals surface area contributed by atoms with Gasteiger partial charge in [0.2, 0.25) is 0 Å². The first-order valence-electron chi connectivity index (χ1n) is 6.03. The molecule has 0 bridgehead atoms. The number of aliphatic hydroxyl groups is 4. The van der Waals surface area contributed by atoms with Crippen molar-refractivity contribution in [3.05, 3.63) is 11.5 Å². The van der Waals surface area contributed by atoms with Crippen molar-refractivity contribution in [2.45, 2.75) is 26.7 Å². The number of hydrogen-bond acceptors (Lipinski definition) is 6. The minimum atomic E-state index is -1.11. The standard InChI is InChI=1S/C5H12O4.C4H10.C3H4S2/c6-1-5(2-7,3-8)4-9;1-3-4-2;1-2-4-5-3-1/h6-9H,1-4H2;3-4H2,1-2H3;1-2H,3H2. The Labute approximate surface area is 118 Å². The highest BCUT2D eigenvalue weighted by Gasteiger charge is 2.26. The zero-order valence-corrected chi connectivity index (χ0v) is 12.8. The second kappa shape index (κ2) is 15.3. The molecule has 0 saturated heterocycles. The quantitative estimate of drug-likeness (QED) is 0.578. The smallest absolute Gasteiger partial charge is 0.0627 e. The summed E-state index contributed by atoms with van der Waals surface area (Å²) in [7, 11) is 3.69. The summed E-state index contributed by atoms with van der Waals surface area (Å²) in [4.78, 5) is 0. The molecule has 4 N–H and O–H groups in total. The molecule has 6 heteroatoms. The van der Waals surface area contributed by atoms with Crippen LogP contribution >= 0.6 is 21.6 Å². The van der Waals surface area contributed by atoms with Crippen molar-refractivity contribution < 1.29 is 20.4 Å². The van der Waals surface area contributed by atoms with E-state index in [1.807, 2.05) is 21.6 Å². The van der Waals surface area contributed by atoms with Gasteiger partial charge in [-0.25, -0.2) is 0 Å². The molecule has 0 aromatic heterocycles. The fraction of sp³-hybridized carbons (Fsp3) is 0.833. The lowest BCUT2D eigenvalue weighted by atomic mass is 9.93. The minimum Gasteiger partial charge on any atom is -0.396 e. The van der Waals surface area contributed by atoms with E-state index in [2.05, 4.69) is 25.3 Å². The Morgan fingerprint density at radius 3 is 1.44 bits per heavy atom. The van der Waals surface area contributed by atoms with E-state index in [4.69, 9.17) is 20.4 Å². The molecule has 0 spiro atoms. The molecule has 0 radical (unpaired) electrons. The van der Waals surface area contributed by atoms with Crippen LogP contribution in [0.2, 0.25) is 0 Å². The van der Waals surface area contributed by atoms with Crippen LogP contribution in [-0.4, -0.2) is 52.6 Å². The van der Waals surface area contributed by atoms with Gasteiger partial charge in [0.15, 0.2) is 0 Å². The maximum Gasteiger partial charge on any atom is 0.0627 e. The molecule has 0 atom stereocenters. The highest BCUT2D eigenvalue weighted by Crippen LogP contribution is 2.27. The van der Waals surface area contributed by atoms with Crippen molar-refractivity contribution in [2.75, 3.05) is 32.2 Å². The fourth-order valence-corrected chi connectivity index (χ4v) is 2.07. The van der Waals surface area contributed by atoms with Crippen molar-refractivity contribution in [1.82, 2.24) is 0 Å². The molecule has 0 aromatic rings. The van der Waals surface area contributed by atoms with Crippen LogP contribution in [0.15, 0.2) is 11.5 Å². The van der Waals surface area contributed by atoms with Crippen LogP contribution < -0.4 is 0 Å². The normalized spacial score (nSPS) is 13.4. The summed E-state index contributed by atoms with van der Waals surface area (Å²) in [5.41, 5.74) is -1.11. The molecule has 1 rings (SSSR count). The summed E-state index contributed by atoms with van der Waals surface area (Å²) in [5, 5.41) is 36.1. The van der Waals surface area contributed by atoms with Gasteiger partial charge in [-0.05, 0) is 5.41 Å². The number of rotatable bonds is 5. The molecule has 110 valence electrons. The van der Waals surface area contributed by atoms with E-state index in [1.54, 1.807) is 0 Å². The van der Waals surface area contributed by atoms with Crippen LogP contribution in [0.3, 0.4) is 0 Å². The Morgan fingerprint density at radius 1 is 0.944 bits per heavy atom. The lowest BCUT2D eigenvalue weighted by Crippen LogP contribution is -2.37. The minimum absolute atomic E-state index is 0.406. The topological polar surface area (TPSA) is 80.9 Å². The maximum atomic E-state index is 8.50. The Morgan fingerprint density at radius 2 is 1.39 bits per heavy atom. The average molecular weight is 298 g/mol.